The number of furan rings is 1. The Morgan fingerprint density at radius 3 is 2.62 bits per heavy atom. The molecular weight excluding hydrogens is 505 g/mol. The number of carbonyl (C=O) groups excluding carboxylic acids is 1. The Bertz CT molecular complexity index is 1130. The number of nitro benzene ring substituents is 1. The van der Waals surface area contributed by atoms with Crippen LogP contribution < -0.4 is 10.6 Å². The van der Waals surface area contributed by atoms with Crippen molar-refractivity contribution in [3.63, 3.8) is 0 Å². The minimum atomic E-state index is -0.515. The van der Waals surface area contributed by atoms with Gasteiger partial charge in [0, 0.05) is 27.0 Å². The van der Waals surface area contributed by atoms with Crippen molar-refractivity contribution in [1.82, 2.24) is 5.32 Å². The molecule has 0 fully saturated rings. The van der Waals surface area contributed by atoms with E-state index in [9.17, 15) is 14.9 Å². The second-order valence-corrected chi connectivity index (χ2v) is 7.87. The van der Waals surface area contributed by atoms with Crippen LogP contribution in [-0.2, 0) is 0 Å². The number of rotatable bonds is 4. The third-order valence-electron chi connectivity index (χ3n) is 4.15. The molecule has 0 atom stereocenters. The molecule has 7 nitrogen and oxygen atoms in total. The van der Waals surface area contributed by atoms with Crippen LogP contribution in [0.4, 0.5) is 11.4 Å². The molecule has 2 aromatic carbocycles. The van der Waals surface area contributed by atoms with Crippen molar-refractivity contribution in [3.05, 3.63) is 79.1 Å². The van der Waals surface area contributed by atoms with E-state index in [1.807, 2.05) is 26.0 Å². The summed E-state index contributed by atoms with van der Waals surface area (Å²) in [4.78, 5) is 22.9. The fraction of sp³-hybridized carbons (Fsp3) is 0.100. The first kappa shape index (κ1) is 20.9. The summed E-state index contributed by atoms with van der Waals surface area (Å²) < 4.78 is 6.70. The highest BCUT2D eigenvalue weighted by Gasteiger charge is 2.16. The Morgan fingerprint density at radius 2 is 1.90 bits per heavy atom. The first-order chi connectivity index (χ1) is 13.7. The quantitative estimate of drug-likeness (QED) is 0.212. The molecule has 0 radical (unpaired) electrons. The van der Waals surface area contributed by atoms with Crippen LogP contribution in [0.25, 0.3) is 11.3 Å². The molecule has 0 aliphatic carbocycles. The molecule has 0 spiro atoms. The molecule has 0 bridgehead atoms. The molecular formula is C20H16IN3O4S. The van der Waals surface area contributed by atoms with Crippen LogP contribution in [0.2, 0.25) is 0 Å². The zero-order valence-electron chi connectivity index (χ0n) is 15.5. The fourth-order valence-electron chi connectivity index (χ4n) is 2.62. The number of hydrogen-bond acceptors (Lipinski definition) is 5. The number of hydrogen-bond donors (Lipinski definition) is 2. The molecule has 0 saturated heterocycles. The predicted octanol–water partition coefficient (Wildman–Crippen LogP) is 5.20. The summed E-state index contributed by atoms with van der Waals surface area (Å²) in [7, 11) is 0. The van der Waals surface area contributed by atoms with Crippen LogP contribution in [0.1, 0.15) is 21.7 Å². The average molecular weight is 521 g/mol. The summed E-state index contributed by atoms with van der Waals surface area (Å²) in [5, 5.41) is 16.7. The maximum atomic E-state index is 12.4. The smallest absolute Gasteiger partial charge is 0.293 e. The Labute approximate surface area is 185 Å². The number of aryl methyl sites for hydroxylation is 2. The van der Waals surface area contributed by atoms with E-state index in [0.29, 0.717) is 11.3 Å². The van der Waals surface area contributed by atoms with E-state index < -0.39 is 10.8 Å². The zero-order valence-corrected chi connectivity index (χ0v) is 18.5. The van der Waals surface area contributed by atoms with Gasteiger partial charge in [0.2, 0.25) is 0 Å². The van der Waals surface area contributed by atoms with Crippen LogP contribution in [0.3, 0.4) is 0 Å². The van der Waals surface area contributed by atoms with E-state index in [1.165, 1.54) is 18.2 Å². The van der Waals surface area contributed by atoms with Crippen molar-refractivity contribution >= 4 is 57.2 Å². The molecule has 3 aromatic rings. The second-order valence-electron chi connectivity index (χ2n) is 6.30. The van der Waals surface area contributed by atoms with Crippen molar-refractivity contribution in [1.29, 1.82) is 0 Å². The van der Waals surface area contributed by atoms with E-state index in [2.05, 4.69) is 33.2 Å². The first-order valence-electron chi connectivity index (χ1n) is 8.48. The maximum Gasteiger partial charge on any atom is 0.293 e. The number of non-ortho nitro benzene ring substituents is 1. The van der Waals surface area contributed by atoms with Crippen molar-refractivity contribution < 1.29 is 14.1 Å². The van der Waals surface area contributed by atoms with Crippen molar-refractivity contribution in [2.24, 2.45) is 0 Å². The number of thiocarbonyl (C=S) groups is 1. The molecule has 0 unspecified atom stereocenters. The topological polar surface area (TPSA) is 97.4 Å². The van der Waals surface area contributed by atoms with Gasteiger partial charge in [0.15, 0.2) is 10.9 Å². The molecule has 1 aromatic heterocycles. The standard InChI is InChI=1S/C20H16IN3O4S/c1-11-9-16(12(2)8-15(11)21)22-20(29)23-19(25)18-7-6-17(28-18)13-4-3-5-14(10-13)24(26)27/h3-10H,1-2H3,(H2,22,23,25,29). The number of halogens is 1. The van der Waals surface area contributed by atoms with Gasteiger partial charge in [-0.2, -0.15) is 0 Å². The van der Waals surface area contributed by atoms with Crippen LogP contribution in [0.5, 0.6) is 0 Å². The summed E-state index contributed by atoms with van der Waals surface area (Å²) >= 11 is 7.49. The largest absolute Gasteiger partial charge is 0.451 e. The van der Waals surface area contributed by atoms with E-state index in [4.69, 9.17) is 16.6 Å². The molecule has 1 heterocycles. The number of carbonyl (C=O) groups is 1. The molecule has 9 heteroatoms. The lowest BCUT2D eigenvalue weighted by atomic mass is 10.1. The number of nitrogens with one attached hydrogen (secondary N) is 2. The summed E-state index contributed by atoms with van der Waals surface area (Å²) in [6.07, 6.45) is 0. The maximum absolute atomic E-state index is 12.4. The highest BCUT2D eigenvalue weighted by Crippen LogP contribution is 2.26. The van der Waals surface area contributed by atoms with Gasteiger partial charge in [-0.15, -0.1) is 0 Å². The second kappa shape index (κ2) is 8.70. The summed E-state index contributed by atoms with van der Waals surface area (Å²) in [5.41, 5.74) is 3.36. The van der Waals surface area contributed by atoms with Crippen molar-refractivity contribution in [2.75, 3.05) is 5.32 Å². The fourth-order valence-corrected chi connectivity index (χ4v) is 3.45. The van der Waals surface area contributed by atoms with E-state index in [-0.39, 0.29) is 16.6 Å². The van der Waals surface area contributed by atoms with Gasteiger partial charge in [-0.25, -0.2) is 0 Å². The molecule has 0 aliphatic rings. The monoisotopic (exact) mass is 521 g/mol. The Kier molecular flexibility index (Phi) is 6.28. The number of nitrogens with zero attached hydrogens (tertiary/aromatic N) is 1. The third kappa shape index (κ3) is 4.98. The van der Waals surface area contributed by atoms with Crippen LogP contribution in [0.15, 0.2) is 52.9 Å². The molecule has 148 valence electrons. The average Bonchev–Trinajstić information content (AvgIpc) is 3.16. The molecule has 3 rings (SSSR count). The van der Waals surface area contributed by atoms with Gasteiger partial charge < -0.3 is 9.73 Å². The van der Waals surface area contributed by atoms with Gasteiger partial charge in [0.25, 0.3) is 11.6 Å². The zero-order chi connectivity index (χ0) is 21.1. The molecule has 29 heavy (non-hydrogen) atoms. The Balaban J connectivity index is 1.70. The number of amides is 1. The number of benzene rings is 2. The summed E-state index contributed by atoms with van der Waals surface area (Å²) in [6.45, 7) is 3.94. The predicted molar refractivity (Wildman–Crippen MR) is 123 cm³/mol. The van der Waals surface area contributed by atoms with Crippen molar-refractivity contribution in [3.8, 4) is 11.3 Å². The summed E-state index contributed by atoms with van der Waals surface area (Å²) in [5.74, 6) is -0.118. The van der Waals surface area contributed by atoms with Crippen LogP contribution >= 0.6 is 34.8 Å². The van der Waals surface area contributed by atoms with Gasteiger partial charge >= 0.3 is 0 Å². The van der Waals surface area contributed by atoms with Crippen LogP contribution in [0, 0.1) is 27.5 Å². The minimum absolute atomic E-state index is 0.0474. The highest BCUT2D eigenvalue weighted by molar-refractivity contribution is 14.1. The lowest BCUT2D eigenvalue weighted by Crippen LogP contribution is -2.34. The lowest BCUT2D eigenvalue weighted by molar-refractivity contribution is -0.384. The molecule has 1 amide bonds. The van der Waals surface area contributed by atoms with Crippen LogP contribution in [-0.4, -0.2) is 15.9 Å². The van der Waals surface area contributed by atoms with Gasteiger partial charge in [0.05, 0.1) is 4.92 Å². The molecule has 0 saturated carbocycles. The van der Waals surface area contributed by atoms with Crippen molar-refractivity contribution in [2.45, 2.75) is 13.8 Å². The molecule has 0 aliphatic heterocycles. The Hall–Kier alpha value is -2.79. The third-order valence-corrected chi connectivity index (χ3v) is 5.52. The Morgan fingerprint density at radius 1 is 1.14 bits per heavy atom. The van der Waals surface area contributed by atoms with Gasteiger partial charge in [-0.3, -0.25) is 20.2 Å². The molecule has 2 N–H and O–H groups in total. The summed E-state index contributed by atoms with van der Waals surface area (Å²) in [6, 6.07) is 13.1. The number of nitro groups is 1. The number of anilines is 1. The van der Waals surface area contributed by atoms with E-state index in [0.717, 1.165) is 20.4 Å². The van der Waals surface area contributed by atoms with Gasteiger partial charge in [0.1, 0.15) is 5.76 Å². The van der Waals surface area contributed by atoms with E-state index in [1.54, 1.807) is 18.2 Å². The minimum Gasteiger partial charge on any atom is -0.451 e. The van der Waals surface area contributed by atoms with Gasteiger partial charge in [-0.05, 0) is 84.0 Å². The lowest BCUT2D eigenvalue weighted by Gasteiger charge is -2.13. The SMILES string of the molecule is Cc1cc(NC(=S)NC(=O)c2ccc(-c3cccc([N+](=O)[O-])c3)o2)c(C)cc1I. The van der Waals surface area contributed by atoms with Gasteiger partial charge in [-0.1, -0.05) is 12.1 Å². The highest BCUT2D eigenvalue weighted by atomic mass is 127. The normalized spacial score (nSPS) is 10.4. The van der Waals surface area contributed by atoms with E-state index >= 15 is 0 Å². The first-order valence-corrected chi connectivity index (χ1v) is 9.97.